The Bertz CT molecular complexity index is 2780. The van der Waals surface area contributed by atoms with Crippen LogP contribution in [0.2, 0.25) is 0 Å². The largest absolute Gasteiger partial charge is 0.335 e. The van der Waals surface area contributed by atoms with Crippen LogP contribution in [0.15, 0.2) is 187 Å². The summed E-state index contributed by atoms with van der Waals surface area (Å²) < 4.78 is 2.42. The molecule has 0 spiro atoms. The number of anilines is 2. The monoisotopic (exact) mass is 678 g/mol. The van der Waals surface area contributed by atoms with Crippen molar-refractivity contribution in [2.24, 2.45) is 4.99 Å². The second kappa shape index (κ2) is 12.6. The summed E-state index contributed by atoms with van der Waals surface area (Å²) in [6, 6.07) is 64.7. The number of benzene rings is 7. The van der Waals surface area contributed by atoms with Gasteiger partial charge in [-0.1, -0.05) is 121 Å². The Kier molecular flexibility index (Phi) is 7.33. The van der Waals surface area contributed by atoms with Gasteiger partial charge in [0.05, 0.1) is 33.8 Å². The van der Waals surface area contributed by atoms with Gasteiger partial charge in [0.1, 0.15) is 0 Å². The molecule has 7 aromatic carbocycles. The molecule has 0 radical (unpaired) electrons. The summed E-state index contributed by atoms with van der Waals surface area (Å²) in [5, 5.41) is 2.46. The predicted molar refractivity (Wildman–Crippen MR) is 222 cm³/mol. The Morgan fingerprint density at radius 3 is 1.94 bits per heavy atom. The van der Waals surface area contributed by atoms with Crippen molar-refractivity contribution in [2.45, 2.75) is 6.54 Å². The van der Waals surface area contributed by atoms with Gasteiger partial charge in [0.25, 0.3) is 0 Å². The lowest BCUT2D eigenvalue weighted by Gasteiger charge is -2.33. The molecule has 10 rings (SSSR count). The average molecular weight is 679 g/mol. The first-order valence-electron chi connectivity index (χ1n) is 18.0. The number of aromatic nitrogens is 2. The van der Waals surface area contributed by atoms with Crippen LogP contribution >= 0.6 is 0 Å². The zero-order valence-electron chi connectivity index (χ0n) is 29.0. The van der Waals surface area contributed by atoms with E-state index >= 15 is 0 Å². The van der Waals surface area contributed by atoms with E-state index in [1.54, 1.807) is 0 Å². The van der Waals surface area contributed by atoms with Crippen molar-refractivity contribution in [1.82, 2.24) is 9.55 Å². The molecular formula is C49H34N4. The molecule has 3 heterocycles. The first kappa shape index (κ1) is 30.8. The van der Waals surface area contributed by atoms with E-state index in [0.29, 0.717) is 0 Å². The minimum atomic E-state index is 0.733. The molecule has 0 saturated carbocycles. The normalized spacial score (nSPS) is 12.1. The molecule has 4 nitrogen and oxygen atoms in total. The molecule has 2 aromatic heterocycles. The highest BCUT2D eigenvalue weighted by Gasteiger charge is 2.26. The molecule has 0 unspecified atom stereocenters. The lowest BCUT2D eigenvalue weighted by Crippen LogP contribution is -2.21. The molecule has 250 valence electrons. The van der Waals surface area contributed by atoms with Crippen molar-refractivity contribution < 1.29 is 0 Å². The summed E-state index contributed by atoms with van der Waals surface area (Å²) in [6.45, 7) is 4.60. The third kappa shape index (κ3) is 5.23. The SMILES string of the molecule is C=Nc1ccccc1N1Cc2cc3c4ccccc4n(-c4cccc(-c5cc(-c6ccccc6)cc(-c6ccccc6)n5)c4)c3cc2-c2ccccc21. The smallest absolute Gasteiger partial charge is 0.0859 e. The van der Waals surface area contributed by atoms with Crippen molar-refractivity contribution in [3.63, 3.8) is 0 Å². The van der Waals surface area contributed by atoms with E-state index in [1.807, 2.05) is 18.2 Å². The average Bonchev–Trinajstić information content (AvgIpc) is 3.56. The maximum absolute atomic E-state index is 5.25. The quantitative estimate of drug-likeness (QED) is 0.164. The first-order chi connectivity index (χ1) is 26.2. The van der Waals surface area contributed by atoms with Crippen molar-refractivity contribution in [3.8, 4) is 50.5 Å². The summed E-state index contributed by atoms with van der Waals surface area (Å²) in [6.07, 6.45) is 0. The van der Waals surface area contributed by atoms with Crippen LogP contribution in [0.25, 0.3) is 72.3 Å². The summed E-state index contributed by atoms with van der Waals surface area (Å²) in [5.74, 6) is 0. The van der Waals surface area contributed by atoms with Gasteiger partial charge in [0.15, 0.2) is 0 Å². The number of nitrogens with zero attached hydrogens (tertiary/aromatic N) is 4. The first-order valence-corrected chi connectivity index (χ1v) is 18.0. The van der Waals surface area contributed by atoms with Gasteiger partial charge in [-0.3, -0.25) is 4.99 Å². The van der Waals surface area contributed by atoms with Gasteiger partial charge in [-0.05, 0) is 89.6 Å². The molecule has 1 aliphatic heterocycles. The minimum Gasteiger partial charge on any atom is -0.335 e. The maximum atomic E-state index is 5.25. The molecule has 53 heavy (non-hydrogen) atoms. The van der Waals surface area contributed by atoms with Gasteiger partial charge in [0, 0.05) is 45.4 Å². The Morgan fingerprint density at radius 1 is 0.472 bits per heavy atom. The van der Waals surface area contributed by atoms with E-state index in [2.05, 4.69) is 185 Å². The molecule has 0 N–H and O–H groups in total. The highest BCUT2D eigenvalue weighted by molar-refractivity contribution is 6.11. The van der Waals surface area contributed by atoms with Gasteiger partial charge in [0.2, 0.25) is 0 Å². The fourth-order valence-corrected chi connectivity index (χ4v) is 7.99. The van der Waals surface area contributed by atoms with Crippen LogP contribution in [0.5, 0.6) is 0 Å². The Hall–Kier alpha value is -7.04. The van der Waals surface area contributed by atoms with Gasteiger partial charge in [-0.25, -0.2) is 4.98 Å². The molecule has 1 aliphatic rings. The van der Waals surface area contributed by atoms with E-state index in [1.165, 1.54) is 49.7 Å². The highest BCUT2D eigenvalue weighted by Crippen LogP contribution is 2.47. The van der Waals surface area contributed by atoms with Gasteiger partial charge in [-0.15, -0.1) is 0 Å². The maximum Gasteiger partial charge on any atom is 0.0859 e. The highest BCUT2D eigenvalue weighted by atomic mass is 15.2. The predicted octanol–water partition coefficient (Wildman–Crippen LogP) is 12.8. The minimum absolute atomic E-state index is 0.733. The molecular weight excluding hydrogens is 645 g/mol. The number of fused-ring (bicyclic) bond motifs is 6. The number of hydrogen-bond acceptors (Lipinski definition) is 3. The van der Waals surface area contributed by atoms with Crippen molar-refractivity contribution in [1.29, 1.82) is 0 Å². The van der Waals surface area contributed by atoms with Gasteiger partial charge in [-0.2, -0.15) is 0 Å². The standard InChI is InChI=1S/C49H34N4/c1-50-43-23-10-13-26-48(43)52-32-37-28-42-40-22-9-12-25-47(40)53(49(42)31-41(37)39-21-8-11-24-46(39)52)38-20-14-19-35(27-38)45-30-36(33-15-4-2-5-16-33)29-44(51-45)34-17-6-3-7-18-34/h2-31H,1,32H2. The number of aliphatic imine (C=N–C) groups is 1. The van der Waals surface area contributed by atoms with Crippen LogP contribution in [-0.4, -0.2) is 16.3 Å². The molecule has 0 saturated heterocycles. The van der Waals surface area contributed by atoms with Crippen LogP contribution in [0.3, 0.4) is 0 Å². The number of rotatable bonds is 6. The van der Waals surface area contributed by atoms with Crippen molar-refractivity contribution in [3.05, 3.63) is 188 Å². The Morgan fingerprint density at radius 2 is 1.13 bits per heavy atom. The van der Waals surface area contributed by atoms with E-state index in [9.17, 15) is 0 Å². The van der Waals surface area contributed by atoms with Crippen LogP contribution in [-0.2, 0) is 6.54 Å². The summed E-state index contributed by atoms with van der Waals surface area (Å²) >= 11 is 0. The second-order valence-corrected chi connectivity index (χ2v) is 13.5. The third-order valence-electron chi connectivity index (χ3n) is 10.5. The van der Waals surface area contributed by atoms with Crippen molar-refractivity contribution in [2.75, 3.05) is 4.90 Å². The van der Waals surface area contributed by atoms with Gasteiger partial charge >= 0.3 is 0 Å². The molecule has 0 fully saturated rings. The zero-order valence-corrected chi connectivity index (χ0v) is 29.0. The lowest BCUT2D eigenvalue weighted by atomic mass is 9.91. The van der Waals surface area contributed by atoms with E-state index < -0.39 is 0 Å². The topological polar surface area (TPSA) is 33.4 Å². The zero-order chi connectivity index (χ0) is 35.3. The Labute approximate surface area is 308 Å². The molecule has 4 heteroatoms. The van der Waals surface area contributed by atoms with E-state index in [-0.39, 0.29) is 0 Å². The molecule has 0 atom stereocenters. The lowest BCUT2D eigenvalue weighted by molar-refractivity contribution is 0.963. The van der Waals surface area contributed by atoms with Crippen molar-refractivity contribution >= 4 is 45.6 Å². The van der Waals surface area contributed by atoms with Crippen LogP contribution in [0, 0.1) is 0 Å². The van der Waals surface area contributed by atoms with E-state index in [0.717, 1.165) is 51.7 Å². The van der Waals surface area contributed by atoms with Crippen LogP contribution in [0.1, 0.15) is 5.56 Å². The second-order valence-electron chi connectivity index (χ2n) is 13.5. The summed E-state index contributed by atoms with van der Waals surface area (Å²) in [7, 11) is 0. The molecule has 0 amide bonds. The Balaban J connectivity index is 1.16. The fraction of sp³-hybridized carbons (Fsp3) is 0.0204. The fourth-order valence-electron chi connectivity index (χ4n) is 7.99. The van der Waals surface area contributed by atoms with Crippen LogP contribution < -0.4 is 4.90 Å². The third-order valence-corrected chi connectivity index (χ3v) is 10.5. The number of para-hydroxylation sites is 4. The molecule has 9 aromatic rings. The molecule has 0 aliphatic carbocycles. The summed E-state index contributed by atoms with van der Waals surface area (Å²) in [4.78, 5) is 12.0. The van der Waals surface area contributed by atoms with Gasteiger partial charge < -0.3 is 9.47 Å². The summed E-state index contributed by atoms with van der Waals surface area (Å²) in [5.41, 5.74) is 16.6. The molecule has 0 bridgehead atoms. The number of hydrogen-bond donors (Lipinski definition) is 0. The van der Waals surface area contributed by atoms with Crippen LogP contribution in [0.4, 0.5) is 17.1 Å². The number of pyridine rings is 1. The van der Waals surface area contributed by atoms with E-state index in [4.69, 9.17) is 4.98 Å².